The highest BCUT2D eigenvalue weighted by Gasteiger charge is 2.26. The lowest BCUT2D eigenvalue weighted by molar-refractivity contribution is 0.0365. The Morgan fingerprint density at radius 3 is 2.68 bits per heavy atom. The van der Waals surface area contributed by atoms with Crippen LogP contribution in [0.5, 0.6) is 0 Å². The van der Waals surface area contributed by atoms with Crippen LogP contribution in [0.2, 0.25) is 5.02 Å². The number of nitrogen functional groups attached to an aromatic ring is 1. The fourth-order valence-corrected chi connectivity index (χ4v) is 4.66. The maximum Gasteiger partial charge on any atom is 0.264 e. The summed E-state index contributed by atoms with van der Waals surface area (Å²) >= 11 is 6.76. The van der Waals surface area contributed by atoms with Gasteiger partial charge in [0.1, 0.15) is 5.82 Å². The Bertz CT molecular complexity index is 1250. The monoisotopic (exact) mass is 537 g/mol. The van der Waals surface area contributed by atoms with Crippen LogP contribution in [0.1, 0.15) is 24.8 Å². The molecule has 2 aliphatic rings. The smallest absolute Gasteiger partial charge is 0.264 e. The van der Waals surface area contributed by atoms with Gasteiger partial charge in [0.15, 0.2) is 11.5 Å². The van der Waals surface area contributed by atoms with E-state index in [1.54, 1.807) is 7.11 Å². The van der Waals surface area contributed by atoms with Crippen molar-refractivity contribution < 1.29 is 18.6 Å². The average Bonchev–Trinajstić information content (AvgIpc) is 3.61. The highest BCUT2D eigenvalue weighted by molar-refractivity contribution is 6.36. The maximum absolute atomic E-state index is 13.9. The van der Waals surface area contributed by atoms with Crippen LogP contribution in [0, 0.1) is 0 Å². The summed E-state index contributed by atoms with van der Waals surface area (Å²) in [5.41, 5.74) is 7.10. The molecule has 1 aliphatic carbocycles. The van der Waals surface area contributed by atoms with E-state index in [0.29, 0.717) is 61.7 Å². The van der Waals surface area contributed by atoms with Crippen molar-refractivity contribution in [2.45, 2.75) is 31.4 Å². The number of methoxy groups -OCH3 is 1. The molecule has 1 saturated heterocycles. The number of nitrogens with one attached hydrogen (secondary N) is 2. The van der Waals surface area contributed by atoms with Gasteiger partial charge in [0.25, 0.3) is 6.43 Å². The van der Waals surface area contributed by atoms with Crippen molar-refractivity contribution in [3.8, 4) is 0 Å². The third-order valence-corrected chi connectivity index (χ3v) is 6.82. The summed E-state index contributed by atoms with van der Waals surface area (Å²) in [6.07, 6.45) is 0.266. The lowest BCUT2D eigenvalue weighted by Gasteiger charge is -2.37. The minimum Gasteiger partial charge on any atom is -0.389 e. The normalized spacial score (nSPS) is 17.5. The molecule has 2 fully saturated rings. The number of β-amino-alcohol motifs (C(OH)–C–C–N with tert-alkyl or cyclic N) is 1. The number of nitrogens with two attached hydrogens (primary N) is 1. The minimum absolute atomic E-state index is 0.150. The number of ether oxygens (including phenoxy) is 1. The number of hydrogen-bond acceptors (Lipinski definition) is 10. The molecule has 1 saturated carbocycles. The predicted octanol–water partition coefficient (Wildman–Crippen LogP) is 2.74. The molecular formula is C23H30ClF2N9O2. The molecule has 14 heteroatoms. The van der Waals surface area contributed by atoms with Crippen molar-refractivity contribution >= 4 is 46.2 Å². The number of rotatable bonds is 10. The van der Waals surface area contributed by atoms with E-state index in [2.05, 4.69) is 30.6 Å². The Balaban J connectivity index is 1.40. The highest BCUT2D eigenvalue weighted by Crippen LogP contribution is 2.39. The van der Waals surface area contributed by atoms with Gasteiger partial charge >= 0.3 is 0 Å². The van der Waals surface area contributed by atoms with Crippen molar-refractivity contribution in [3.63, 3.8) is 0 Å². The molecule has 0 bridgehead atoms. The van der Waals surface area contributed by atoms with Gasteiger partial charge in [0, 0.05) is 51.4 Å². The number of fused-ring (bicyclic) bond motifs is 1. The molecule has 200 valence electrons. The molecule has 0 radical (unpaired) electrons. The number of anilines is 5. The number of aromatic nitrogens is 4. The van der Waals surface area contributed by atoms with Gasteiger partial charge in [0.2, 0.25) is 5.95 Å². The van der Waals surface area contributed by atoms with Crippen LogP contribution >= 0.6 is 11.6 Å². The van der Waals surface area contributed by atoms with Gasteiger partial charge in [-0.15, -0.1) is 5.10 Å². The molecule has 1 atom stereocenters. The summed E-state index contributed by atoms with van der Waals surface area (Å²) in [6.45, 7) is 3.16. The Hall–Kier alpha value is -3.00. The van der Waals surface area contributed by atoms with Gasteiger partial charge < -0.3 is 31.1 Å². The number of piperazine rings is 1. The lowest BCUT2D eigenvalue weighted by atomic mass is 10.1. The number of imidazole rings is 1. The van der Waals surface area contributed by atoms with E-state index in [9.17, 15) is 13.9 Å². The molecule has 37 heavy (non-hydrogen) atoms. The molecule has 3 heterocycles. The van der Waals surface area contributed by atoms with Gasteiger partial charge in [-0.25, -0.2) is 13.8 Å². The van der Waals surface area contributed by atoms with E-state index in [4.69, 9.17) is 22.1 Å². The summed E-state index contributed by atoms with van der Waals surface area (Å²) in [5.74, 6) is 0.974. The zero-order chi connectivity index (χ0) is 26.1. The van der Waals surface area contributed by atoms with Crippen LogP contribution in [-0.4, -0.2) is 88.2 Å². The van der Waals surface area contributed by atoms with Crippen LogP contribution in [0.15, 0.2) is 18.3 Å². The summed E-state index contributed by atoms with van der Waals surface area (Å²) in [4.78, 5) is 12.9. The third kappa shape index (κ3) is 5.79. The Labute approximate surface area is 217 Å². The number of nitrogens with zero attached hydrogens (tertiary/aromatic N) is 6. The number of benzene rings is 1. The van der Waals surface area contributed by atoms with Gasteiger partial charge in [-0.05, 0) is 25.0 Å². The first-order chi connectivity index (χ1) is 17.8. The summed E-state index contributed by atoms with van der Waals surface area (Å²) in [5, 5.41) is 21.0. The molecule has 1 aliphatic heterocycles. The molecular weight excluding hydrogens is 508 g/mol. The Morgan fingerprint density at radius 2 is 2.00 bits per heavy atom. The van der Waals surface area contributed by atoms with Crippen LogP contribution in [0.25, 0.3) is 5.65 Å². The first-order valence-electron chi connectivity index (χ1n) is 12.1. The first kappa shape index (κ1) is 25.6. The van der Waals surface area contributed by atoms with E-state index in [-0.39, 0.29) is 28.8 Å². The molecule has 2 aromatic heterocycles. The second-order valence-corrected chi connectivity index (χ2v) is 9.72. The molecule has 11 nitrogen and oxygen atoms in total. The third-order valence-electron chi connectivity index (χ3n) is 6.42. The zero-order valence-electron chi connectivity index (χ0n) is 20.4. The SMILES string of the molecule is COCC(O)CN1CCN(c2cc(C(F)F)cc(Nc3nc(NC4CC4)c4ncc(N)n4n3)c2Cl)CC1. The second kappa shape index (κ2) is 10.8. The minimum atomic E-state index is -2.69. The van der Waals surface area contributed by atoms with E-state index in [0.717, 1.165) is 12.8 Å². The van der Waals surface area contributed by atoms with Gasteiger partial charge in [-0.2, -0.15) is 9.50 Å². The van der Waals surface area contributed by atoms with Crippen molar-refractivity contribution in [1.29, 1.82) is 0 Å². The first-order valence-corrected chi connectivity index (χ1v) is 12.5. The number of alkyl halides is 2. The van der Waals surface area contributed by atoms with Crippen molar-refractivity contribution in [2.75, 3.05) is 67.7 Å². The molecule has 0 spiro atoms. The Kier molecular flexibility index (Phi) is 7.47. The average molecular weight is 538 g/mol. The predicted molar refractivity (Wildman–Crippen MR) is 138 cm³/mol. The van der Waals surface area contributed by atoms with Gasteiger partial charge in [-0.1, -0.05) is 11.6 Å². The molecule has 1 aromatic carbocycles. The molecule has 0 amide bonds. The molecule has 1 unspecified atom stereocenters. The van der Waals surface area contributed by atoms with E-state index < -0.39 is 12.5 Å². The fraction of sp³-hybridized carbons (Fsp3) is 0.522. The van der Waals surface area contributed by atoms with Gasteiger partial charge in [0.05, 0.1) is 35.3 Å². The van der Waals surface area contributed by atoms with Crippen molar-refractivity contribution in [3.05, 3.63) is 28.9 Å². The van der Waals surface area contributed by atoms with E-state index >= 15 is 0 Å². The zero-order valence-corrected chi connectivity index (χ0v) is 21.1. The lowest BCUT2D eigenvalue weighted by Crippen LogP contribution is -2.49. The van der Waals surface area contributed by atoms with Crippen molar-refractivity contribution in [1.82, 2.24) is 24.5 Å². The maximum atomic E-state index is 13.9. The summed E-state index contributed by atoms with van der Waals surface area (Å²) in [7, 11) is 1.54. The molecule has 3 aromatic rings. The fourth-order valence-electron chi connectivity index (χ4n) is 4.38. The Morgan fingerprint density at radius 1 is 1.24 bits per heavy atom. The van der Waals surface area contributed by atoms with Crippen molar-refractivity contribution in [2.24, 2.45) is 0 Å². The van der Waals surface area contributed by atoms with Crippen LogP contribution in [0.4, 0.5) is 37.7 Å². The number of aliphatic hydroxyl groups is 1. The standard InChI is InChI=1S/C23H30ClF2N9O2/c1-37-12-15(36)11-33-4-6-34(7-5-33)17-9-13(20(25)26)8-16(19(17)24)30-23-31-21(29-14-2-3-14)22-28-10-18(27)35(22)32-23/h8-10,14-15,20,36H,2-7,11-12,27H2,1H3,(H2,29,30,31,32). The van der Waals surface area contributed by atoms with Crippen LogP contribution < -0.4 is 21.3 Å². The summed E-state index contributed by atoms with van der Waals surface area (Å²) < 4.78 is 34.2. The summed E-state index contributed by atoms with van der Waals surface area (Å²) in [6, 6.07) is 3.04. The molecule has 5 N–H and O–H groups in total. The number of hydrogen-bond donors (Lipinski definition) is 4. The largest absolute Gasteiger partial charge is 0.389 e. The van der Waals surface area contributed by atoms with Gasteiger partial charge in [-0.3, -0.25) is 4.90 Å². The van der Waals surface area contributed by atoms with E-state index in [1.807, 2.05) is 4.90 Å². The second-order valence-electron chi connectivity index (χ2n) is 9.35. The number of aliphatic hydroxyl groups excluding tert-OH is 1. The number of halogens is 3. The van der Waals surface area contributed by atoms with E-state index in [1.165, 1.54) is 22.8 Å². The van der Waals surface area contributed by atoms with Crippen LogP contribution in [0.3, 0.4) is 0 Å². The van der Waals surface area contributed by atoms with Crippen LogP contribution in [-0.2, 0) is 4.74 Å². The molecule has 5 rings (SSSR count). The quantitative estimate of drug-likeness (QED) is 0.306. The highest BCUT2D eigenvalue weighted by atomic mass is 35.5. The topological polar surface area (TPSA) is 129 Å².